The van der Waals surface area contributed by atoms with Crippen molar-refractivity contribution in [2.45, 2.75) is 55.8 Å². The van der Waals surface area contributed by atoms with E-state index in [0.717, 1.165) is 12.8 Å². The fourth-order valence-corrected chi connectivity index (χ4v) is 6.03. The Balaban J connectivity index is 1.32. The van der Waals surface area contributed by atoms with Gasteiger partial charge in [-0.05, 0) is 61.4 Å². The highest BCUT2D eigenvalue weighted by atomic mass is 32.2. The van der Waals surface area contributed by atoms with Crippen LogP contribution in [0, 0.1) is 0 Å². The van der Waals surface area contributed by atoms with Crippen LogP contribution in [0.1, 0.15) is 77.1 Å². The minimum absolute atomic E-state index is 0.157. The van der Waals surface area contributed by atoms with E-state index in [9.17, 15) is 18.0 Å². The number of nitrogens with zero attached hydrogens (tertiary/aromatic N) is 1. The Hall–Kier alpha value is -2.51. The fraction of sp³-hybridized carbons (Fsp3) is 0.440. The number of carbonyl (C=O) groups is 2. The lowest BCUT2D eigenvalue weighted by atomic mass is 9.84. The van der Waals surface area contributed by atoms with Crippen molar-refractivity contribution < 1.29 is 22.7 Å². The van der Waals surface area contributed by atoms with E-state index in [1.54, 1.807) is 12.1 Å². The van der Waals surface area contributed by atoms with E-state index in [2.05, 4.69) is 0 Å². The summed E-state index contributed by atoms with van der Waals surface area (Å²) in [6, 6.07) is 13.3. The van der Waals surface area contributed by atoms with Gasteiger partial charge in [0.1, 0.15) is 0 Å². The SMILES string of the molecule is O=C(COC(=O)c1ccc(S(=O)(=O)N2CCCC2)cc1)c1ccc(C2CCCCC2)cc1. The smallest absolute Gasteiger partial charge is 0.338 e. The average molecular weight is 456 g/mol. The topological polar surface area (TPSA) is 80.8 Å². The number of esters is 1. The van der Waals surface area contributed by atoms with Gasteiger partial charge in [0, 0.05) is 18.7 Å². The molecule has 1 saturated carbocycles. The molecule has 0 bridgehead atoms. The molecule has 2 aromatic rings. The third-order valence-electron chi connectivity index (χ3n) is 6.44. The molecule has 0 radical (unpaired) electrons. The summed E-state index contributed by atoms with van der Waals surface area (Å²) in [7, 11) is -3.53. The van der Waals surface area contributed by atoms with Crippen molar-refractivity contribution in [2.75, 3.05) is 19.7 Å². The van der Waals surface area contributed by atoms with Crippen molar-refractivity contribution >= 4 is 21.8 Å². The van der Waals surface area contributed by atoms with Crippen LogP contribution in [0.25, 0.3) is 0 Å². The molecule has 170 valence electrons. The normalized spacial score (nSPS) is 17.9. The van der Waals surface area contributed by atoms with Crippen molar-refractivity contribution in [2.24, 2.45) is 0 Å². The Morgan fingerprint density at radius 2 is 1.41 bits per heavy atom. The Morgan fingerprint density at radius 3 is 2.03 bits per heavy atom. The minimum Gasteiger partial charge on any atom is -0.454 e. The van der Waals surface area contributed by atoms with Crippen LogP contribution < -0.4 is 0 Å². The molecule has 2 aliphatic rings. The van der Waals surface area contributed by atoms with Gasteiger partial charge in [-0.2, -0.15) is 4.31 Å². The molecule has 1 aliphatic carbocycles. The summed E-state index contributed by atoms with van der Waals surface area (Å²) in [5.74, 6) is -0.341. The molecule has 7 heteroatoms. The van der Waals surface area contributed by atoms with Gasteiger partial charge in [-0.1, -0.05) is 43.5 Å². The maximum Gasteiger partial charge on any atom is 0.338 e. The second kappa shape index (κ2) is 9.96. The number of Topliss-reactive ketones (excluding diaryl/α,β-unsaturated/α-hetero) is 1. The largest absolute Gasteiger partial charge is 0.454 e. The van der Waals surface area contributed by atoms with E-state index in [-0.39, 0.29) is 22.8 Å². The molecule has 0 spiro atoms. The van der Waals surface area contributed by atoms with Gasteiger partial charge in [0.2, 0.25) is 10.0 Å². The number of ether oxygens (including phenoxy) is 1. The van der Waals surface area contributed by atoms with Gasteiger partial charge in [0.25, 0.3) is 0 Å². The van der Waals surface area contributed by atoms with Crippen molar-refractivity contribution in [1.82, 2.24) is 4.31 Å². The molecular formula is C25H29NO5S. The Morgan fingerprint density at radius 1 is 0.812 bits per heavy atom. The summed E-state index contributed by atoms with van der Waals surface area (Å²) >= 11 is 0. The number of carbonyl (C=O) groups excluding carboxylic acids is 2. The van der Waals surface area contributed by atoms with Gasteiger partial charge in [-0.15, -0.1) is 0 Å². The van der Waals surface area contributed by atoms with Crippen LogP contribution in [0.2, 0.25) is 0 Å². The van der Waals surface area contributed by atoms with Gasteiger partial charge in [-0.3, -0.25) is 4.79 Å². The maximum atomic E-state index is 12.6. The van der Waals surface area contributed by atoms with Crippen molar-refractivity contribution in [1.29, 1.82) is 0 Å². The average Bonchev–Trinajstić information content (AvgIpc) is 3.39. The summed E-state index contributed by atoms with van der Waals surface area (Å²) < 4.78 is 31.8. The van der Waals surface area contributed by atoms with Crippen LogP contribution in [0.3, 0.4) is 0 Å². The first-order valence-corrected chi connectivity index (χ1v) is 12.8. The van der Waals surface area contributed by atoms with E-state index in [1.165, 1.54) is 66.2 Å². The van der Waals surface area contributed by atoms with E-state index in [1.807, 2.05) is 12.1 Å². The van der Waals surface area contributed by atoms with Crippen molar-refractivity contribution in [3.8, 4) is 0 Å². The molecular weight excluding hydrogens is 426 g/mol. The van der Waals surface area contributed by atoms with Gasteiger partial charge in [-0.25, -0.2) is 13.2 Å². The van der Waals surface area contributed by atoms with Crippen molar-refractivity contribution in [3.05, 3.63) is 65.2 Å². The third-order valence-corrected chi connectivity index (χ3v) is 8.35. The van der Waals surface area contributed by atoms with E-state index in [0.29, 0.717) is 24.6 Å². The zero-order valence-corrected chi connectivity index (χ0v) is 19.0. The first-order valence-electron chi connectivity index (χ1n) is 11.4. The van der Waals surface area contributed by atoms with Crippen molar-refractivity contribution in [3.63, 3.8) is 0 Å². The first-order chi connectivity index (χ1) is 15.4. The molecule has 0 atom stereocenters. The van der Waals surface area contributed by atoms with Crippen LogP contribution in [-0.4, -0.2) is 44.2 Å². The minimum atomic E-state index is -3.53. The molecule has 1 aliphatic heterocycles. The highest BCUT2D eigenvalue weighted by molar-refractivity contribution is 7.89. The maximum absolute atomic E-state index is 12.6. The lowest BCUT2D eigenvalue weighted by molar-refractivity contribution is 0.0474. The monoisotopic (exact) mass is 455 g/mol. The van der Waals surface area contributed by atoms with Gasteiger partial charge >= 0.3 is 5.97 Å². The number of hydrogen-bond donors (Lipinski definition) is 0. The summed E-state index contributed by atoms with van der Waals surface area (Å²) in [6.45, 7) is 0.696. The molecule has 0 unspecified atom stereocenters. The molecule has 4 rings (SSSR count). The summed E-state index contributed by atoms with van der Waals surface area (Å²) in [6.07, 6.45) is 7.93. The Labute approximate surface area is 189 Å². The molecule has 2 fully saturated rings. The van der Waals surface area contributed by atoms with E-state index >= 15 is 0 Å². The molecule has 1 heterocycles. The number of hydrogen-bond acceptors (Lipinski definition) is 5. The van der Waals surface area contributed by atoms with E-state index in [4.69, 9.17) is 4.74 Å². The van der Waals surface area contributed by atoms with Crippen LogP contribution >= 0.6 is 0 Å². The molecule has 6 nitrogen and oxygen atoms in total. The summed E-state index contributed by atoms with van der Waals surface area (Å²) in [5.41, 5.74) is 2.00. The van der Waals surface area contributed by atoms with Crippen LogP contribution in [0.4, 0.5) is 0 Å². The van der Waals surface area contributed by atoms with Crippen LogP contribution in [0.5, 0.6) is 0 Å². The second-order valence-electron chi connectivity index (χ2n) is 8.59. The quantitative estimate of drug-likeness (QED) is 0.452. The van der Waals surface area contributed by atoms with Crippen LogP contribution in [-0.2, 0) is 14.8 Å². The lowest BCUT2D eigenvalue weighted by Crippen LogP contribution is -2.27. The molecule has 0 aromatic heterocycles. The zero-order chi connectivity index (χ0) is 22.6. The lowest BCUT2D eigenvalue weighted by Gasteiger charge is -2.22. The summed E-state index contributed by atoms with van der Waals surface area (Å²) in [5, 5.41) is 0. The molecule has 32 heavy (non-hydrogen) atoms. The highest BCUT2D eigenvalue weighted by Gasteiger charge is 2.27. The number of rotatable bonds is 7. The standard InChI is InChI=1S/C25H29NO5S/c27-24(21-10-8-20(9-11-21)19-6-2-1-3-7-19)18-31-25(28)22-12-14-23(15-13-22)32(29,30)26-16-4-5-17-26/h8-15,19H,1-7,16-18H2. The van der Waals surface area contributed by atoms with E-state index < -0.39 is 16.0 Å². The molecule has 0 N–H and O–H groups in total. The number of ketones is 1. The zero-order valence-electron chi connectivity index (χ0n) is 18.2. The predicted octanol–water partition coefficient (Wildman–Crippen LogP) is 4.56. The molecule has 0 amide bonds. The first kappa shape index (κ1) is 22.7. The van der Waals surface area contributed by atoms with Crippen LogP contribution in [0.15, 0.2) is 53.4 Å². The number of sulfonamides is 1. The summed E-state index contributed by atoms with van der Waals surface area (Å²) in [4.78, 5) is 24.9. The fourth-order valence-electron chi connectivity index (χ4n) is 4.52. The van der Waals surface area contributed by atoms with Gasteiger partial charge in [0.05, 0.1) is 10.5 Å². The predicted molar refractivity (Wildman–Crippen MR) is 121 cm³/mol. The molecule has 1 saturated heterocycles. The van der Waals surface area contributed by atoms with Gasteiger partial charge in [0.15, 0.2) is 12.4 Å². The Bertz CT molecular complexity index is 1050. The highest BCUT2D eigenvalue weighted by Crippen LogP contribution is 2.32. The van der Waals surface area contributed by atoms with Gasteiger partial charge < -0.3 is 4.74 Å². The molecule has 2 aromatic carbocycles. The number of benzene rings is 2. The third kappa shape index (κ3) is 5.10. The second-order valence-corrected chi connectivity index (χ2v) is 10.5. The Kier molecular flexibility index (Phi) is 7.06.